The first-order chi connectivity index (χ1) is 58.2. The fourth-order valence-electron chi connectivity index (χ4n) is 16.4. The van der Waals surface area contributed by atoms with Crippen molar-refractivity contribution < 1.29 is 28.5 Å². The Kier molecular flexibility index (Phi) is 21.3. The third-order valence-electron chi connectivity index (χ3n) is 22.6. The average Bonchev–Trinajstić information content (AvgIpc) is 1.63. The second-order valence-electron chi connectivity index (χ2n) is 31.2. The zero-order valence-electron chi connectivity index (χ0n) is 67.6. The van der Waals surface area contributed by atoms with Crippen molar-refractivity contribution in [1.82, 2.24) is 19.8 Å². The minimum atomic E-state index is 0.0852. The molecule has 0 spiro atoms. The number of H-pyrrole nitrogens is 2. The molecule has 0 aliphatic carbocycles. The highest BCUT2D eigenvalue weighted by Crippen LogP contribution is 2.44. The number of nitrogens with zero attached hydrogens (tertiary/aromatic N) is 14. The summed E-state index contributed by atoms with van der Waals surface area (Å²) in [5, 5.41) is 23.5. The van der Waals surface area contributed by atoms with Gasteiger partial charge in [-0.15, -0.1) is 0 Å². The first-order valence-corrected chi connectivity index (χ1v) is 40.9. The molecule has 18 nitrogen and oxygen atoms in total. The van der Waals surface area contributed by atoms with Crippen molar-refractivity contribution in [3.05, 3.63) is 394 Å². The molecule has 18 heteroatoms. The number of nitrogens with one attached hydrogen (secondary N) is 2. The van der Waals surface area contributed by atoms with Gasteiger partial charge in [0, 0.05) is 179 Å². The van der Waals surface area contributed by atoms with Crippen LogP contribution in [0.15, 0.2) is 378 Å². The normalized spacial score (nSPS) is 17.4. The van der Waals surface area contributed by atoms with Gasteiger partial charge in [0.2, 0.25) is 0 Å². The van der Waals surface area contributed by atoms with Crippen LogP contribution in [0, 0.1) is 0 Å². The van der Waals surface area contributed by atoms with Crippen LogP contribution in [0.3, 0.4) is 0 Å². The van der Waals surface area contributed by atoms with Gasteiger partial charge in [-0.1, -0.05) is 81.3 Å². The Hall–Kier alpha value is -14.5. The Morgan fingerprint density at radius 2 is 0.546 bits per heavy atom. The van der Waals surface area contributed by atoms with Crippen molar-refractivity contribution in [2.75, 3.05) is 14.1 Å². The number of rotatable bonds is 20. The molecule has 16 bridgehead atoms. The SMILES string of the molecule is CN1C=CC(=C2C3=NC(=C(c4ccccc4N=C(O)CCCCCCCCCCCC(O)=Nc4ccccc4C4=C5C=CC(=N5)C(c5cc[n+](C)cc5)=C5C=CC(=N5)C(=C5C=CN(C)C=C5)c5ccc([nH]5)C(c5cc[n+](C)cc5)=C5C=CC4=N5)C4=NC(=C(c5cc[n+](C)cc5)C5=NC(=C(c6cc[n+](C)cc6)c6ccc2[nH]6)C=C5)C=C4)C=C3)C=C1. The lowest BCUT2D eigenvalue weighted by Crippen LogP contribution is -2.26. The van der Waals surface area contributed by atoms with Gasteiger partial charge < -0.3 is 30.0 Å². The molecule has 4 N–H and O–H groups in total. The van der Waals surface area contributed by atoms with Crippen molar-refractivity contribution in [2.45, 2.75) is 70.6 Å². The molecule has 119 heavy (non-hydrogen) atoms. The lowest BCUT2D eigenvalue weighted by molar-refractivity contribution is -0.671. The van der Waals surface area contributed by atoms with E-state index in [0.29, 0.717) is 24.2 Å². The molecule has 0 fully saturated rings. The average molecular weight is 1560 g/mol. The Balaban J connectivity index is 0.559. The summed E-state index contributed by atoms with van der Waals surface area (Å²) in [5.74, 6) is 0.170. The van der Waals surface area contributed by atoms with Gasteiger partial charge in [0.05, 0.1) is 79.8 Å². The summed E-state index contributed by atoms with van der Waals surface area (Å²) < 4.78 is 8.13. The largest absolute Gasteiger partial charge is 0.496 e. The van der Waals surface area contributed by atoms with Crippen molar-refractivity contribution in [3.63, 3.8) is 0 Å². The molecule has 584 valence electrons. The first kappa shape index (κ1) is 75.8. The molecule has 0 radical (unpaired) electrons. The standard InChI is InChI=1S/C101H90N16O2/c1-112-54-42-66(43-55-112)94-76-26-30-80(102-76)96(68-46-58-114(3)59-47-68)84-34-38-88(106-84)100(89-39-35-85(107-89)97(81-31-27-77(94)103-81)69-48-60-115(4)61-49-69)72-20-16-18-22-74(72)110-92(118)24-14-12-10-8-7-9-11-13-15-25-93(119)111-75-23-19-17-21-73(75)101-90-40-36-86(108-90)98(70-50-62-116(5)63-51-70)82-32-28-78(104-82)95(67-44-56-113(2)57-45-67)79-29-33-83(105-79)99(87-37-41-91(101)109-87)71-52-64-117(6)65-53-71/h16-23,26-65H,7-15,24-25H2,1-6H3,(H2-2,102,103,104,105,106,107,108,109,110,111,118,119)/q+2/p+2. The van der Waals surface area contributed by atoms with E-state index < -0.39 is 0 Å². The minimum Gasteiger partial charge on any atom is -0.496 e. The summed E-state index contributed by atoms with van der Waals surface area (Å²) in [5.41, 5.74) is 29.0. The molecule has 2 aromatic carbocycles. The van der Waals surface area contributed by atoms with Crippen LogP contribution in [-0.4, -0.2) is 90.1 Å². The molecule has 10 aliphatic rings. The van der Waals surface area contributed by atoms with E-state index in [1.165, 1.54) is 0 Å². The number of allylic oxidation sites excluding steroid dienone is 24. The highest BCUT2D eigenvalue weighted by Gasteiger charge is 2.32. The molecule has 8 aromatic rings. The fourth-order valence-corrected chi connectivity index (χ4v) is 16.4. The topological polar surface area (TPSA) is 193 Å². The van der Waals surface area contributed by atoms with E-state index in [-0.39, 0.29) is 11.8 Å². The number of aromatic nitrogens is 6. The maximum absolute atomic E-state index is 11.8. The number of para-hydroxylation sites is 2. The van der Waals surface area contributed by atoms with Crippen LogP contribution in [0.25, 0.3) is 44.6 Å². The van der Waals surface area contributed by atoms with Crippen LogP contribution in [0.1, 0.15) is 127 Å². The van der Waals surface area contributed by atoms with Crippen molar-refractivity contribution in [1.29, 1.82) is 0 Å². The van der Waals surface area contributed by atoms with E-state index in [4.69, 9.17) is 39.9 Å². The summed E-state index contributed by atoms with van der Waals surface area (Å²) in [7, 11) is 12.1. The number of aromatic amines is 2. The Bertz CT molecular complexity index is 6370. The number of unbranched alkanes of at least 4 members (excludes halogenated alkanes) is 8. The summed E-state index contributed by atoms with van der Waals surface area (Å²) >= 11 is 0. The van der Waals surface area contributed by atoms with Gasteiger partial charge in [0.15, 0.2) is 61.4 Å². The van der Waals surface area contributed by atoms with Crippen LogP contribution in [0.5, 0.6) is 0 Å². The number of fused-ring (bicyclic) bond motifs is 10. The lowest BCUT2D eigenvalue weighted by atomic mass is 9.97. The molecule has 0 saturated carbocycles. The third kappa shape index (κ3) is 16.1. The van der Waals surface area contributed by atoms with Gasteiger partial charge in [-0.05, 0) is 180 Å². The predicted octanol–water partition coefficient (Wildman–Crippen LogP) is 18.5. The van der Waals surface area contributed by atoms with Gasteiger partial charge >= 0.3 is 0 Å². The number of benzene rings is 2. The van der Waals surface area contributed by atoms with Crippen LogP contribution >= 0.6 is 0 Å². The van der Waals surface area contributed by atoms with Gasteiger partial charge in [-0.25, -0.2) is 58.2 Å². The zero-order valence-corrected chi connectivity index (χ0v) is 67.6. The van der Waals surface area contributed by atoms with Crippen LogP contribution in [-0.2, 0) is 28.2 Å². The van der Waals surface area contributed by atoms with E-state index in [9.17, 15) is 10.2 Å². The zero-order chi connectivity index (χ0) is 81.0. The minimum absolute atomic E-state index is 0.0852. The van der Waals surface area contributed by atoms with Crippen LogP contribution in [0.2, 0.25) is 0 Å². The van der Waals surface area contributed by atoms with E-state index in [1.807, 2.05) is 107 Å². The summed E-state index contributed by atoms with van der Waals surface area (Å²) in [6, 6.07) is 41.5. The highest BCUT2D eigenvalue weighted by atomic mass is 16.3. The summed E-state index contributed by atoms with van der Waals surface area (Å²) in [4.78, 5) is 54.9. The molecule has 6 aromatic heterocycles. The van der Waals surface area contributed by atoms with Crippen molar-refractivity contribution >= 4 is 102 Å². The summed E-state index contributed by atoms with van der Waals surface area (Å²) in [6.45, 7) is 0. The molecule has 0 atom stereocenters. The number of aliphatic hydroxyl groups is 2. The molecule has 16 heterocycles. The summed E-state index contributed by atoms with van der Waals surface area (Å²) in [6.07, 6.45) is 68.1. The van der Waals surface area contributed by atoms with Crippen molar-refractivity contribution in [3.8, 4) is 0 Å². The maximum atomic E-state index is 11.8. The molecule has 0 unspecified atom stereocenters. The van der Waals surface area contributed by atoms with Gasteiger partial charge in [-0.2, -0.15) is 0 Å². The number of aliphatic hydroxyl groups excluding tert-OH is 2. The van der Waals surface area contributed by atoms with Gasteiger partial charge in [0.25, 0.3) is 0 Å². The molecule has 0 saturated heterocycles. The molecule has 0 amide bonds. The van der Waals surface area contributed by atoms with E-state index in [1.54, 1.807) is 0 Å². The second kappa shape index (κ2) is 33.4. The van der Waals surface area contributed by atoms with Gasteiger partial charge in [0.1, 0.15) is 28.2 Å². The van der Waals surface area contributed by atoms with Gasteiger partial charge in [-0.3, -0.25) is 0 Å². The van der Waals surface area contributed by atoms with Crippen LogP contribution in [0.4, 0.5) is 11.4 Å². The smallest absolute Gasteiger partial charge is 0.185 e. The number of aliphatic imine (C=N–C) groups is 8. The number of aryl methyl sites for hydroxylation is 4. The van der Waals surface area contributed by atoms with E-state index in [2.05, 4.69) is 266 Å². The highest BCUT2D eigenvalue weighted by molar-refractivity contribution is 6.40. The number of hydrogen-bond acceptors (Lipinski definition) is 10. The van der Waals surface area contributed by atoms with Crippen molar-refractivity contribution in [2.24, 2.45) is 68.1 Å². The maximum Gasteiger partial charge on any atom is 0.185 e. The Labute approximate surface area is 693 Å². The number of pyridine rings is 4. The number of hydrogen-bond donors (Lipinski definition) is 4. The fraction of sp³-hybridized carbons (Fsp3) is 0.168. The van der Waals surface area contributed by atoms with E-state index in [0.717, 1.165) is 238 Å². The monoisotopic (exact) mass is 1560 g/mol. The second-order valence-corrected chi connectivity index (χ2v) is 31.2. The molecular weight excluding hydrogens is 1470 g/mol. The Morgan fingerprint density at radius 3 is 0.866 bits per heavy atom. The Morgan fingerprint density at radius 1 is 0.294 bits per heavy atom. The molecular formula is C101H92N16O2+4. The van der Waals surface area contributed by atoms with Crippen LogP contribution < -0.4 is 18.3 Å². The van der Waals surface area contributed by atoms with E-state index >= 15 is 0 Å². The molecule has 10 aliphatic heterocycles. The lowest BCUT2D eigenvalue weighted by Gasteiger charge is -2.16. The first-order valence-electron chi connectivity index (χ1n) is 40.9. The predicted molar refractivity (Wildman–Crippen MR) is 480 cm³/mol. The third-order valence-corrected chi connectivity index (χ3v) is 22.6. The quantitative estimate of drug-likeness (QED) is 0.0255. The molecule has 18 rings (SSSR count).